The summed E-state index contributed by atoms with van der Waals surface area (Å²) in [6.45, 7) is 11.3. The van der Waals surface area contributed by atoms with Gasteiger partial charge in [0, 0.05) is 13.1 Å². The van der Waals surface area contributed by atoms with Crippen molar-refractivity contribution >= 4 is 29.8 Å². The van der Waals surface area contributed by atoms with E-state index in [1.165, 1.54) is 4.90 Å². The molecule has 236 valence electrons. The summed E-state index contributed by atoms with van der Waals surface area (Å²) in [4.78, 5) is 65.7. The number of alkyl carbamates (subject to hydrolysis) is 1. The van der Waals surface area contributed by atoms with Gasteiger partial charge >= 0.3 is 12.1 Å². The van der Waals surface area contributed by atoms with Gasteiger partial charge in [-0.15, -0.1) is 0 Å². The molecule has 4 amide bonds. The van der Waals surface area contributed by atoms with Gasteiger partial charge in [0.25, 0.3) is 0 Å². The number of primary amides is 1. The number of benzene rings is 1. The van der Waals surface area contributed by atoms with E-state index in [-0.39, 0.29) is 26.1 Å². The Balaban J connectivity index is 3.47. The molecule has 0 bridgehead atoms. The molecule has 11 nitrogen and oxygen atoms in total. The molecule has 0 spiro atoms. The van der Waals surface area contributed by atoms with Gasteiger partial charge in [0.15, 0.2) is 0 Å². The Bertz CT molecular complexity index is 1020. The number of carbonyl (C=O) groups is 5. The van der Waals surface area contributed by atoms with Crippen molar-refractivity contribution in [3.63, 3.8) is 0 Å². The number of hydrogen-bond acceptors (Lipinski definition) is 7. The summed E-state index contributed by atoms with van der Waals surface area (Å²) in [5, 5.41) is 5.24. The van der Waals surface area contributed by atoms with Crippen LogP contribution in [0.25, 0.3) is 0 Å². The molecular formula is C31H50N4O7. The topological polar surface area (TPSA) is 157 Å². The summed E-state index contributed by atoms with van der Waals surface area (Å²) < 4.78 is 10.3. The Kier molecular flexibility index (Phi) is 16.2. The molecule has 1 aromatic carbocycles. The van der Waals surface area contributed by atoms with Gasteiger partial charge < -0.3 is 30.7 Å². The van der Waals surface area contributed by atoms with Crippen molar-refractivity contribution < 1.29 is 33.4 Å². The van der Waals surface area contributed by atoms with Crippen LogP contribution in [0.2, 0.25) is 0 Å². The number of unbranched alkanes of at least 4 members (excludes halogenated alkanes) is 4. The lowest BCUT2D eigenvalue weighted by atomic mass is 9.99. The van der Waals surface area contributed by atoms with Crippen LogP contribution in [0, 0.1) is 0 Å². The second-order valence-electron chi connectivity index (χ2n) is 11.2. The Hall–Kier alpha value is -3.63. The Labute approximate surface area is 250 Å². The average molecular weight is 591 g/mol. The monoisotopic (exact) mass is 590 g/mol. The molecule has 1 rings (SSSR count). The summed E-state index contributed by atoms with van der Waals surface area (Å²) >= 11 is 0. The SMILES string of the molecule is CCCCCCCN(C(=O)C(CC(N)=O)NC(=O)OC(C)(C)C)C(C(=O)NCCC(=O)OCC)c1ccc(CC)cc1. The van der Waals surface area contributed by atoms with Gasteiger partial charge in [-0.2, -0.15) is 0 Å². The van der Waals surface area contributed by atoms with E-state index in [0.717, 1.165) is 37.7 Å². The number of nitrogens with zero attached hydrogens (tertiary/aromatic N) is 1. The highest BCUT2D eigenvalue weighted by Crippen LogP contribution is 2.25. The van der Waals surface area contributed by atoms with E-state index in [1.54, 1.807) is 39.8 Å². The number of nitrogens with one attached hydrogen (secondary N) is 2. The van der Waals surface area contributed by atoms with Crippen LogP contribution in [0.15, 0.2) is 24.3 Å². The third kappa shape index (κ3) is 13.8. The van der Waals surface area contributed by atoms with Crippen molar-refractivity contribution in [2.24, 2.45) is 5.73 Å². The summed E-state index contributed by atoms with van der Waals surface area (Å²) in [6.07, 6.45) is 3.86. The third-order valence-corrected chi connectivity index (χ3v) is 6.38. The lowest BCUT2D eigenvalue weighted by Gasteiger charge is -2.34. The minimum Gasteiger partial charge on any atom is -0.466 e. The van der Waals surface area contributed by atoms with E-state index < -0.39 is 53.9 Å². The van der Waals surface area contributed by atoms with E-state index >= 15 is 0 Å². The second-order valence-corrected chi connectivity index (χ2v) is 11.2. The Morgan fingerprint density at radius 3 is 2.14 bits per heavy atom. The zero-order valence-corrected chi connectivity index (χ0v) is 26.1. The van der Waals surface area contributed by atoms with Crippen molar-refractivity contribution in [1.29, 1.82) is 0 Å². The number of rotatable bonds is 18. The van der Waals surface area contributed by atoms with E-state index in [0.29, 0.717) is 12.0 Å². The summed E-state index contributed by atoms with van der Waals surface area (Å²) in [5.74, 6) is -2.38. The van der Waals surface area contributed by atoms with Gasteiger partial charge in [0.1, 0.15) is 17.7 Å². The lowest BCUT2D eigenvalue weighted by Crippen LogP contribution is -2.54. The van der Waals surface area contributed by atoms with Crippen LogP contribution in [-0.4, -0.2) is 66.0 Å². The predicted molar refractivity (Wildman–Crippen MR) is 160 cm³/mol. The average Bonchev–Trinajstić information content (AvgIpc) is 2.90. The van der Waals surface area contributed by atoms with Gasteiger partial charge in [0.2, 0.25) is 17.7 Å². The van der Waals surface area contributed by atoms with Crippen LogP contribution < -0.4 is 16.4 Å². The van der Waals surface area contributed by atoms with E-state index in [1.807, 2.05) is 19.1 Å². The number of ether oxygens (including phenoxy) is 2. The van der Waals surface area contributed by atoms with Crippen LogP contribution in [0.3, 0.4) is 0 Å². The molecule has 0 heterocycles. The Morgan fingerprint density at radius 2 is 1.60 bits per heavy atom. The number of aryl methyl sites for hydroxylation is 1. The summed E-state index contributed by atoms with van der Waals surface area (Å²) in [7, 11) is 0. The van der Waals surface area contributed by atoms with Crippen LogP contribution in [-0.2, 0) is 35.1 Å². The molecule has 0 aliphatic carbocycles. The normalized spacial score (nSPS) is 12.5. The van der Waals surface area contributed by atoms with Gasteiger partial charge in [-0.25, -0.2) is 4.79 Å². The number of hydrogen-bond donors (Lipinski definition) is 3. The first-order valence-corrected chi connectivity index (χ1v) is 14.9. The van der Waals surface area contributed by atoms with Gasteiger partial charge in [-0.1, -0.05) is 63.8 Å². The quantitative estimate of drug-likeness (QED) is 0.173. The lowest BCUT2D eigenvalue weighted by molar-refractivity contribution is -0.144. The zero-order chi connectivity index (χ0) is 31.7. The maximum atomic E-state index is 14.1. The molecule has 2 unspecified atom stereocenters. The molecule has 0 aliphatic heterocycles. The second kappa shape index (κ2) is 18.7. The van der Waals surface area contributed by atoms with Crippen molar-refractivity contribution in [2.75, 3.05) is 19.7 Å². The van der Waals surface area contributed by atoms with Crippen molar-refractivity contribution in [3.8, 4) is 0 Å². The van der Waals surface area contributed by atoms with Gasteiger partial charge in [0.05, 0.1) is 19.4 Å². The first kappa shape index (κ1) is 36.4. The minimum absolute atomic E-state index is 0.0145. The first-order valence-electron chi connectivity index (χ1n) is 14.9. The Morgan fingerprint density at radius 1 is 0.952 bits per heavy atom. The minimum atomic E-state index is -1.35. The molecular weight excluding hydrogens is 540 g/mol. The van der Waals surface area contributed by atoms with Gasteiger partial charge in [-0.3, -0.25) is 19.2 Å². The molecule has 0 fully saturated rings. The van der Waals surface area contributed by atoms with Crippen molar-refractivity contribution in [3.05, 3.63) is 35.4 Å². The molecule has 0 aliphatic rings. The fourth-order valence-corrected chi connectivity index (χ4v) is 4.33. The largest absolute Gasteiger partial charge is 0.466 e. The van der Waals surface area contributed by atoms with Crippen LogP contribution >= 0.6 is 0 Å². The number of amides is 4. The highest BCUT2D eigenvalue weighted by atomic mass is 16.6. The van der Waals surface area contributed by atoms with Gasteiger partial charge in [-0.05, 0) is 51.7 Å². The zero-order valence-electron chi connectivity index (χ0n) is 26.1. The fourth-order valence-electron chi connectivity index (χ4n) is 4.33. The fraction of sp³-hybridized carbons (Fsp3) is 0.645. The third-order valence-electron chi connectivity index (χ3n) is 6.38. The smallest absolute Gasteiger partial charge is 0.408 e. The standard InChI is InChI=1S/C31H50N4O7/c1-7-10-11-12-13-20-35(29(39)24(21-25(32)36)34-30(40)42-31(4,5)6)27(23-16-14-22(8-2)15-17-23)28(38)33-19-18-26(37)41-9-3/h14-17,24,27H,7-13,18-21H2,1-6H3,(H2,32,36)(H,33,38)(H,34,40). The van der Waals surface area contributed by atoms with E-state index in [4.69, 9.17) is 15.2 Å². The number of esters is 1. The summed E-state index contributed by atoms with van der Waals surface area (Å²) in [6, 6.07) is 4.91. The molecule has 4 N–H and O–H groups in total. The summed E-state index contributed by atoms with van der Waals surface area (Å²) in [5.41, 5.74) is 6.23. The maximum Gasteiger partial charge on any atom is 0.408 e. The van der Waals surface area contributed by atoms with Crippen LogP contribution in [0.1, 0.15) is 104 Å². The predicted octanol–water partition coefficient (Wildman–Crippen LogP) is 3.93. The van der Waals surface area contributed by atoms with Crippen molar-refractivity contribution in [1.82, 2.24) is 15.5 Å². The number of carbonyl (C=O) groups excluding carboxylic acids is 5. The van der Waals surface area contributed by atoms with E-state index in [9.17, 15) is 24.0 Å². The highest BCUT2D eigenvalue weighted by Gasteiger charge is 2.36. The molecule has 42 heavy (non-hydrogen) atoms. The van der Waals surface area contributed by atoms with E-state index in [2.05, 4.69) is 17.6 Å². The molecule has 11 heteroatoms. The highest BCUT2D eigenvalue weighted by molar-refractivity contribution is 5.94. The van der Waals surface area contributed by atoms with Crippen LogP contribution in [0.4, 0.5) is 4.79 Å². The maximum absolute atomic E-state index is 14.1. The molecule has 0 saturated carbocycles. The molecule has 0 saturated heterocycles. The van der Waals surface area contributed by atoms with Crippen molar-refractivity contribution in [2.45, 2.75) is 111 Å². The molecule has 0 aromatic heterocycles. The first-order chi connectivity index (χ1) is 19.8. The molecule has 2 atom stereocenters. The molecule has 0 radical (unpaired) electrons. The number of nitrogens with two attached hydrogens (primary N) is 1. The van der Waals surface area contributed by atoms with Crippen LogP contribution in [0.5, 0.6) is 0 Å². The molecule has 1 aromatic rings.